The van der Waals surface area contributed by atoms with E-state index in [9.17, 15) is 10.1 Å². The highest BCUT2D eigenvalue weighted by Crippen LogP contribution is 2.05. The van der Waals surface area contributed by atoms with Crippen LogP contribution >= 0.6 is 0 Å². The Morgan fingerprint density at radius 1 is 1.70 bits per heavy atom. The Hall–Kier alpha value is -0.860. The summed E-state index contributed by atoms with van der Waals surface area (Å²) >= 11 is 0. The molecule has 0 spiro atoms. The van der Waals surface area contributed by atoms with Gasteiger partial charge < -0.3 is 0 Å². The average molecular weight is 143 g/mol. The van der Waals surface area contributed by atoms with Crippen molar-refractivity contribution in [1.29, 1.82) is 0 Å². The van der Waals surface area contributed by atoms with Crippen LogP contribution in [0.1, 0.15) is 27.2 Å². The fourth-order valence-electron chi connectivity index (χ4n) is 0.693. The Labute approximate surface area is 60.9 Å². The van der Waals surface area contributed by atoms with Gasteiger partial charge in [-0.1, -0.05) is 20.8 Å². The first-order valence-corrected chi connectivity index (χ1v) is 3.43. The van der Waals surface area contributed by atoms with Gasteiger partial charge in [0.2, 0.25) is 5.70 Å². The Balaban J connectivity index is 4.19. The fourth-order valence-corrected chi connectivity index (χ4v) is 0.693. The van der Waals surface area contributed by atoms with Crippen LogP contribution in [0.5, 0.6) is 0 Å². The van der Waals surface area contributed by atoms with Crippen LogP contribution < -0.4 is 0 Å². The SMILES string of the molecule is CC/C(=C/C(C)C)[N+](=O)[O-]. The van der Waals surface area contributed by atoms with Crippen molar-refractivity contribution in [3.63, 3.8) is 0 Å². The van der Waals surface area contributed by atoms with Crippen LogP contribution in [0.15, 0.2) is 11.8 Å². The maximum Gasteiger partial charge on any atom is 0.242 e. The normalized spacial score (nSPS) is 12.2. The largest absolute Gasteiger partial charge is 0.259 e. The molecular formula is C7H13NO2. The van der Waals surface area contributed by atoms with E-state index in [1.54, 1.807) is 13.0 Å². The topological polar surface area (TPSA) is 43.1 Å². The number of rotatable bonds is 3. The zero-order valence-corrected chi connectivity index (χ0v) is 6.63. The monoisotopic (exact) mass is 143 g/mol. The van der Waals surface area contributed by atoms with E-state index in [1.807, 2.05) is 13.8 Å². The molecule has 0 fully saturated rings. The van der Waals surface area contributed by atoms with Crippen molar-refractivity contribution in [2.75, 3.05) is 0 Å². The maximum atomic E-state index is 10.2. The molecule has 10 heavy (non-hydrogen) atoms. The summed E-state index contributed by atoms with van der Waals surface area (Å²) in [6.45, 7) is 5.65. The van der Waals surface area contributed by atoms with Gasteiger partial charge in [-0.05, 0) is 12.0 Å². The summed E-state index contributed by atoms with van der Waals surface area (Å²) in [5.41, 5.74) is 0.315. The summed E-state index contributed by atoms with van der Waals surface area (Å²) in [7, 11) is 0. The smallest absolute Gasteiger partial charge is 0.242 e. The quantitative estimate of drug-likeness (QED) is 0.449. The van der Waals surface area contributed by atoms with Gasteiger partial charge >= 0.3 is 0 Å². The summed E-state index contributed by atoms with van der Waals surface area (Å²) in [4.78, 5) is 9.88. The number of allylic oxidation sites excluding steroid dienone is 2. The second-order valence-electron chi connectivity index (χ2n) is 2.51. The van der Waals surface area contributed by atoms with E-state index in [0.717, 1.165) is 0 Å². The van der Waals surface area contributed by atoms with Gasteiger partial charge in [0, 0.05) is 6.42 Å². The molecule has 0 N–H and O–H groups in total. The Bertz CT molecular complexity index is 150. The lowest BCUT2D eigenvalue weighted by atomic mass is 10.1. The molecular weight excluding hydrogens is 130 g/mol. The predicted molar refractivity (Wildman–Crippen MR) is 40.2 cm³/mol. The molecule has 0 aliphatic heterocycles. The number of hydrogen-bond donors (Lipinski definition) is 0. The third-order valence-corrected chi connectivity index (χ3v) is 1.12. The van der Waals surface area contributed by atoms with Gasteiger partial charge in [-0.2, -0.15) is 0 Å². The number of hydrogen-bond acceptors (Lipinski definition) is 2. The molecule has 58 valence electrons. The van der Waals surface area contributed by atoms with E-state index >= 15 is 0 Å². The van der Waals surface area contributed by atoms with Gasteiger partial charge in [0.1, 0.15) is 0 Å². The first kappa shape index (κ1) is 9.14. The molecule has 0 bridgehead atoms. The minimum Gasteiger partial charge on any atom is -0.259 e. The van der Waals surface area contributed by atoms with Crippen LogP contribution in [0.25, 0.3) is 0 Å². The summed E-state index contributed by atoms with van der Waals surface area (Å²) < 4.78 is 0. The van der Waals surface area contributed by atoms with E-state index in [1.165, 1.54) is 0 Å². The molecule has 3 heteroatoms. The Morgan fingerprint density at radius 2 is 2.20 bits per heavy atom. The van der Waals surface area contributed by atoms with Gasteiger partial charge in [0.05, 0.1) is 4.92 Å². The van der Waals surface area contributed by atoms with Gasteiger partial charge in [0.15, 0.2) is 0 Å². The molecule has 0 aromatic rings. The minimum atomic E-state index is -0.319. The highest BCUT2D eigenvalue weighted by Gasteiger charge is 2.06. The maximum absolute atomic E-state index is 10.2. The zero-order valence-electron chi connectivity index (χ0n) is 6.63. The lowest BCUT2D eigenvalue weighted by molar-refractivity contribution is -0.428. The highest BCUT2D eigenvalue weighted by atomic mass is 16.6. The molecule has 0 rings (SSSR count). The minimum absolute atomic E-state index is 0.264. The zero-order chi connectivity index (χ0) is 8.15. The van der Waals surface area contributed by atoms with Gasteiger partial charge in [-0.15, -0.1) is 0 Å². The summed E-state index contributed by atoms with van der Waals surface area (Å²) in [6.07, 6.45) is 2.19. The molecule has 0 amide bonds. The van der Waals surface area contributed by atoms with Crippen molar-refractivity contribution in [3.05, 3.63) is 21.9 Å². The van der Waals surface area contributed by atoms with Crippen molar-refractivity contribution >= 4 is 0 Å². The van der Waals surface area contributed by atoms with E-state index in [0.29, 0.717) is 12.1 Å². The third-order valence-electron chi connectivity index (χ3n) is 1.12. The number of nitro groups is 1. The van der Waals surface area contributed by atoms with Crippen molar-refractivity contribution < 1.29 is 4.92 Å². The fraction of sp³-hybridized carbons (Fsp3) is 0.714. The lowest BCUT2D eigenvalue weighted by Crippen LogP contribution is -1.98. The van der Waals surface area contributed by atoms with Crippen molar-refractivity contribution in [2.24, 2.45) is 5.92 Å². The van der Waals surface area contributed by atoms with Gasteiger partial charge in [0.25, 0.3) is 0 Å². The van der Waals surface area contributed by atoms with Crippen LogP contribution in [0, 0.1) is 16.0 Å². The molecule has 0 unspecified atom stereocenters. The molecule has 0 saturated carbocycles. The molecule has 3 nitrogen and oxygen atoms in total. The van der Waals surface area contributed by atoms with E-state index < -0.39 is 0 Å². The molecule has 0 atom stereocenters. The van der Waals surface area contributed by atoms with Crippen molar-refractivity contribution in [2.45, 2.75) is 27.2 Å². The first-order valence-electron chi connectivity index (χ1n) is 3.43. The predicted octanol–water partition coefficient (Wildman–Crippen LogP) is 2.21. The molecule has 0 heterocycles. The van der Waals surface area contributed by atoms with Crippen molar-refractivity contribution in [3.8, 4) is 0 Å². The number of nitrogens with zero attached hydrogens (tertiary/aromatic N) is 1. The van der Waals surface area contributed by atoms with Crippen molar-refractivity contribution in [1.82, 2.24) is 0 Å². The molecule has 0 radical (unpaired) electrons. The van der Waals surface area contributed by atoms with Crippen LogP contribution in [-0.2, 0) is 0 Å². The first-order chi connectivity index (χ1) is 4.57. The van der Waals surface area contributed by atoms with Crippen LogP contribution in [-0.4, -0.2) is 4.92 Å². The van der Waals surface area contributed by atoms with Crippen LogP contribution in [0.4, 0.5) is 0 Å². The Morgan fingerprint density at radius 3 is 2.30 bits per heavy atom. The molecule has 0 saturated heterocycles. The molecule has 0 aliphatic carbocycles. The highest BCUT2D eigenvalue weighted by molar-refractivity contribution is 4.92. The third kappa shape index (κ3) is 3.22. The lowest BCUT2D eigenvalue weighted by Gasteiger charge is -1.95. The molecule has 0 aliphatic rings. The van der Waals surface area contributed by atoms with E-state index in [-0.39, 0.29) is 10.8 Å². The molecule has 0 aromatic heterocycles. The van der Waals surface area contributed by atoms with Crippen LogP contribution in [0.2, 0.25) is 0 Å². The summed E-state index contributed by atoms with van der Waals surface area (Å²) in [5, 5.41) is 10.2. The summed E-state index contributed by atoms with van der Waals surface area (Å²) in [6, 6.07) is 0. The second-order valence-corrected chi connectivity index (χ2v) is 2.51. The second kappa shape index (κ2) is 4.04. The van der Waals surface area contributed by atoms with Crippen LogP contribution in [0.3, 0.4) is 0 Å². The standard InChI is InChI=1S/C7H13NO2/c1-4-7(8(9)10)5-6(2)3/h5-6H,4H2,1-3H3/b7-5-. The van der Waals surface area contributed by atoms with Gasteiger partial charge in [-0.3, -0.25) is 10.1 Å². The molecule has 0 aromatic carbocycles. The Kier molecular flexibility index (Phi) is 3.69. The van der Waals surface area contributed by atoms with Gasteiger partial charge in [-0.25, -0.2) is 0 Å². The van der Waals surface area contributed by atoms with E-state index in [2.05, 4.69) is 0 Å². The summed E-state index contributed by atoms with van der Waals surface area (Å²) in [5.74, 6) is 0.264. The average Bonchev–Trinajstić information content (AvgIpc) is 1.81. The van der Waals surface area contributed by atoms with E-state index in [4.69, 9.17) is 0 Å².